The summed E-state index contributed by atoms with van der Waals surface area (Å²) in [5.74, 6) is 0. The lowest BCUT2D eigenvalue weighted by atomic mass is 10.1. The first-order valence-corrected chi connectivity index (χ1v) is 6.51. The molecule has 0 atom stereocenters. The van der Waals surface area contributed by atoms with E-state index in [0.717, 1.165) is 45.8 Å². The second-order valence-corrected chi connectivity index (χ2v) is 4.88. The van der Waals surface area contributed by atoms with Crippen molar-refractivity contribution in [3.63, 3.8) is 0 Å². The molecule has 1 aromatic heterocycles. The molecule has 0 radical (unpaired) electrons. The summed E-state index contributed by atoms with van der Waals surface area (Å²) < 4.78 is 0. The van der Waals surface area contributed by atoms with Gasteiger partial charge in [-0.2, -0.15) is 0 Å². The minimum atomic E-state index is 0.682. The number of nitrogens with zero attached hydrogens (tertiary/aromatic N) is 1. The molecule has 3 nitrogen and oxygen atoms in total. The van der Waals surface area contributed by atoms with Gasteiger partial charge in [0, 0.05) is 23.3 Å². The highest BCUT2D eigenvalue weighted by molar-refractivity contribution is 6.36. The van der Waals surface area contributed by atoms with Crippen molar-refractivity contribution in [3.8, 4) is 0 Å². The van der Waals surface area contributed by atoms with E-state index in [1.165, 1.54) is 0 Å². The van der Waals surface area contributed by atoms with E-state index < -0.39 is 0 Å². The number of hydrogen-bond acceptors (Lipinski definition) is 3. The first-order valence-electron chi connectivity index (χ1n) is 6.14. The van der Waals surface area contributed by atoms with E-state index in [2.05, 4.69) is 17.2 Å². The van der Waals surface area contributed by atoms with Crippen molar-refractivity contribution in [1.29, 1.82) is 0 Å². The Bertz CT molecular complexity index is 566. The average molecular weight is 264 g/mol. The van der Waals surface area contributed by atoms with Gasteiger partial charge in [-0.1, -0.05) is 17.7 Å². The van der Waals surface area contributed by atoms with Gasteiger partial charge in [0.15, 0.2) is 0 Å². The molecule has 4 heteroatoms. The predicted molar refractivity (Wildman–Crippen MR) is 78.4 cm³/mol. The zero-order valence-corrected chi connectivity index (χ0v) is 11.5. The van der Waals surface area contributed by atoms with Gasteiger partial charge in [0.25, 0.3) is 0 Å². The molecule has 2 rings (SSSR count). The Morgan fingerprint density at radius 2 is 2.11 bits per heavy atom. The Labute approximate surface area is 112 Å². The van der Waals surface area contributed by atoms with Gasteiger partial charge >= 0.3 is 0 Å². The molecule has 2 aromatic rings. The van der Waals surface area contributed by atoms with Gasteiger partial charge in [-0.05, 0) is 44.5 Å². The van der Waals surface area contributed by atoms with Gasteiger partial charge in [-0.15, -0.1) is 0 Å². The van der Waals surface area contributed by atoms with Gasteiger partial charge in [-0.25, -0.2) is 0 Å². The van der Waals surface area contributed by atoms with E-state index in [-0.39, 0.29) is 0 Å². The Morgan fingerprint density at radius 3 is 2.83 bits per heavy atom. The molecular weight excluding hydrogens is 246 g/mol. The Hall–Kier alpha value is -1.32. The molecule has 0 unspecified atom stereocenters. The van der Waals surface area contributed by atoms with Crippen molar-refractivity contribution >= 4 is 28.2 Å². The van der Waals surface area contributed by atoms with Crippen LogP contribution in [0.1, 0.15) is 17.7 Å². The van der Waals surface area contributed by atoms with Gasteiger partial charge in [-0.3, -0.25) is 4.98 Å². The van der Waals surface area contributed by atoms with Crippen LogP contribution in [0.5, 0.6) is 0 Å². The molecule has 96 valence electrons. The first kappa shape index (κ1) is 13.1. The van der Waals surface area contributed by atoms with Crippen molar-refractivity contribution in [2.45, 2.75) is 20.3 Å². The van der Waals surface area contributed by atoms with Gasteiger partial charge in [0.05, 0.1) is 10.5 Å². The number of benzene rings is 1. The average Bonchev–Trinajstić information content (AvgIpc) is 2.34. The third-order valence-electron chi connectivity index (χ3n) is 2.94. The summed E-state index contributed by atoms with van der Waals surface area (Å²) >= 11 is 6.29. The van der Waals surface area contributed by atoms with E-state index >= 15 is 0 Å². The van der Waals surface area contributed by atoms with E-state index in [0.29, 0.717) is 6.54 Å². The summed E-state index contributed by atoms with van der Waals surface area (Å²) in [5.41, 5.74) is 9.65. The van der Waals surface area contributed by atoms with Crippen LogP contribution in [-0.2, 0) is 0 Å². The molecule has 0 saturated heterocycles. The number of nitrogens with two attached hydrogens (primary N) is 1. The molecule has 1 aromatic carbocycles. The van der Waals surface area contributed by atoms with Crippen LogP contribution in [0.15, 0.2) is 18.2 Å². The lowest BCUT2D eigenvalue weighted by Gasteiger charge is -2.13. The Kier molecular flexibility index (Phi) is 4.04. The number of hydrogen-bond donors (Lipinski definition) is 2. The summed E-state index contributed by atoms with van der Waals surface area (Å²) in [5, 5.41) is 5.13. The van der Waals surface area contributed by atoms with Crippen LogP contribution in [0.25, 0.3) is 10.9 Å². The zero-order valence-electron chi connectivity index (χ0n) is 10.8. The fourth-order valence-corrected chi connectivity index (χ4v) is 2.28. The summed E-state index contributed by atoms with van der Waals surface area (Å²) in [4.78, 5) is 4.58. The van der Waals surface area contributed by atoms with Crippen LogP contribution >= 0.6 is 11.6 Å². The van der Waals surface area contributed by atoms with E-state index in [4.69, 9.17) is 17.3 Å². The highest BCUT2D eigenvalue weighted by atomic mass is 35.5. The molecule has 18 heavy (non-hydrogen) atoms. The maximum atomic E-state index is 6.29. The number of anilines is 1. The molecule has 0 aliphatic heterocycles. The maximum Gasteiger partial charge on any atom is 0.0770 e. The monoisotopic (exact) mass is 263 g/mol. The topological polar surface area (TPSA) is 50.9 Å². The molecule has 0 spiro atoms. The molecular formula is C14H18ClN3. The fraction of sp³-hybridized carbons (Fsp3) is 0.357. The minimum Gasteiger partial charge on any atom is -0.384 e. The van der Waals surface area contributed by atoms with Gasteiger partial charge < -0.3 is 11.1 Å². The van der Waals surface area contributed by atoms with Crippen LogP contribution in [0.3, 0.4) is 0 Å². The van der Waals surface area contributed by atoms with Crippen molar-refractivity contribution in [3.05, 3.63) is 34.5 Å². The van der Waals surface area contributed by atoms with Gasteiger partial charge in [0.1, 0.15) is 0 Å². The van der Waals surface area contributed by atoms with E-state index in [9.17, 15) is 0 Å². The molecule has 0 fully saturated rings. The van der Waals surface area contributed by atoms with Gasteiger partial charge in [0.2, 0.25) is 0 Å². The SMILES string of the molecule is Cc1cc(NCCCN)c2c(Cl)ccc(C)c2n1. The smallest absolute Gasteiger partial charge is 0.0770 e. The number of pyridine rings is 1. The second kappa shape index (κ2) is 5.55. The van der Waals surface area contributed by atoms with E-state index in [1.54, 1.807) is 0 Å². The summed E-state index contributed by atoms with van der Waals surface area (Å²) in [6.07, 6.45) is 0.937. The van der Waals surface area contributed by atoms with E-state index in [1.807, 2.05) is 25.1 Å². The van der Waals surface area contributed by atoms with Crippen LogP contribution < -0.4 is 11.1 Å². The summed E-state index contributed by atoms with van der Waals surface area (Å²) in [7, 11) is 0. The zero-order chi connectivity index (χ0) is 13.1. The second-order valence-electron chi connectivity index (χ2n) is 4.47. The van der Waals surface area contributed by atoms with Crippen LogP contribution in [-0.4, -0.2) is 18.1 Å². The third-order valence-corrected chi connectivity index (χ3v) is 3.25. The summed E-state index contributed by atoms with van der Waals surface area (Å²) in [6, 6.07) is 5.95. The fourth-order valence-electron chi connectivity index (χ4n) is 2.03. The molecule has 0 aliphatic carbocycles. The number of nitrogens with one attached hydrogen (secondary N) is 1. The number of aryl methyl sites for hydroxylation is 2. The number of halogens is 1. The van der Waals surface area contributed by atoms with Crippen LogP contribution in [0.4, 0.5) is 5.69 Å². The Balaban J connectivity index is 2.53. The quantitative estimate of drug-likeness (QED) is 0.833. The molecule has 1 heterocycles. The normalized spacial score (nSPS) is 10.9. The van der Waals surface area contributed by atoms with Crippen LogP contribution in [0, 0.1) is 13.8 Å². The molecule has 0 amide bonds. The predicted octanol–water partition coefficient (Wildman–Crippen LogP) is 3.27. The van der Waals surface area contributed by atoms with Crippen molar-refractivity contribution < 1.29 is 0 Å². The molecule has 3 N–H and O–H groups in total. The molecule has 0 aliphatic rings. The maximum absolute atomic E-state index is 6.29. The largest absolute Gasteiger partial charge is 0.384 e. The summed E-state index contributed by atoms with van der Waals surface area (Å²) in [6.45, 7) is 5.57. The number of fused-ring (bicyclic) bond motifs is 1. The lowest BCUT2D eigenvalue weighted by Crippen LogP contribution is -2.09. The molecule has 0 saturated carbocycles. The Morgan fingerprint density at radius 1 is 1.33 bits per heavy atom. The molecule has 0 bridgehead atoms. The lowest BCUT2D eigenvalue weighted by molar-refractivity contribution is 0.875. The highest BCUT2D eigenvalue weighted by Gasteiger charge is 2.09. The van der Waals surface area contributed by atoms with Crippen molar-refractivity contribution in [1.82, 2.24) is 4.98 Å². The first-order chi connectivity index (χ1) is 8.63. The van der Waals surface area contributed by atoms with Crippen molar-refractivity contribution in [2.75, 3.05) is 18.4 Å². The minimum absolute atomic E-state index is 0.682. The van der Waals surface area contributed by atoms with Crippen LogP contribution in [0.2, 0.25) is 5.02 Å². The van der Waals surface area contributed by atoms with Crippen molar-refractivity contribution in [2.24, 2.45) is 5.73 Å². The highest BCUT2D eigenvalue weighted by Crippen LogP contribution is 2.32. The number of rotatable bonds is 4. The third kappa shape index (κ3) is 2.57. The standard InChI is InChI=1S/C14H18ClN3/c1-9-4-5-11(15)13-12(17-7-3-6-16)8-10(2)18-14(9)13/h4-5,8H,3,6-7,16H2,1-2H3,(H,17,18). The number of aromatic nitrogens is 1.